The summed E-state index contributed by atoms with van der Waals surface area (Å²) in [5.41, 5.74) is 6.08. The quantitative estimate of drug-likeness (QED) is 0.910. The molecule has 0 amide bonds. The fraction of sp³-hybridized carbons (Fsp3) is 0.308. The standard InChI is InChI=1S/C13H14F3N3/c1-8(17)12-10(7-19(2)18-12)9-5-3-4-6-11(9)13(14,15)16/h3-8H,17H2,1-2H3. The molecule has 2 aromatic rings. The molecule has 3 nitrogen and oxygen atoms in total. The van der Waals surface area contributed by atoms with E-state index in [2.05, 4.69) is 5.10 Å². The van der Waals surface area contributed by atoms with E-state index in [1.807, 2.05) is 0 Å². The van der Waals surface area contributed by atoms with Gasteiger partial charge in [-0.05, 0) is 18.6 Å². The number of halogens is 3. The van der Waals surface area contributed by atoms with E-state index in [4.69, 9.17) is 5.73 Å². The van der Waals surface area contributed by atoms with Crippen LogP contribution < -0.4 is 5.73 Å². The molecule has 1 heterocycles. The van der Waals surface area contributed by atoms with E-state index in [0.717, 1.165) is 6.07 Å². The molecule has 0 aliphatic carbocycles. The first-order chi connectivity index (χ1) is 8.80. The zero-order chi connectivity index (χ0) is 14.2. The Morgan fingerprint density at radius 1 is 1.21 bits per heavy atom. The summed E-state index contributed by atoms with van der Waals surface area (Å²) >= 11 is 0. The van der Waals surface area contributed by atoms with Gasteiger partial charge in [-0.25, -0.2) is 0 Å². The van der Waals surface area contributed by atoms with Gasteiger partial charge in [0.2, 0.25) is 0 Å². The Kier molecular flexibility index (Phi) is 3.36. The lowest BCUT2D eigenvalue weighted by Gasteiger charge is -2.13. The number of hydrogen-bond donors (Lipinski definition) is 1. The van der Waals surface area contributed by atoms with Gasteiger partial charge in [0.1, 0.15) is 0 Å². The van der Waals surface area contributed by atoms with Crippen LogP contribution in [0.3, 0.4) is 0 Å². The van der Waals surface area contributed by atoms with Crippen molar-refractivity contribution in [1.29, 1.82) is 0 Å². The highest BCUT2D eigenvalue weighted by Crippen LogP contribution is 2.38. The fourth-order valence-electron chi connectivity index (χ4n) is 2.01. The molecule has 1 unspecified atom stereocenters. The normalized spacial score (nSPS) is 13.6. The number of aromatic nitrogens is 2. The van der Waals surface area contributed by atoms with E-state index < -0.39 is 17.8 Å². The number of aryl methyl sites for hydroxylation is 1. The molecular formula is C13H14F3N3. The minimum absolute atomic E-state index is 0.107. The van der Waals surface area contributed by atoms with Crippen LogP contribution in [0.5, 0.6) is 0 Å². The summed E-state index contributed by atoms with van der Waals surface area (Å²) in [6, 6.07) is 5.01. The predicted molar refractivity (Wildman–Crippen MR) is 66.2 cm³/mol. The van der Waals surface area contributed by atoms with Crippen molar-refractivity contribution in [3.8, 4) is 11.1 Å². The third-order valence-corrected chi connectivity index (χ3v) is 2.81. The smallest absolute Gasteiger partial charge is 0.323 e. The lowest BCUT2D eigenvalue weighted by atomic mass is 9.98. The maximum atomic E-state index is 13.0. The maximum Gasteiger partial charge on any atom is 0.417 e. The van der Waals surface area contributed by atoms with Gasteiger partial charge in [-0.2, -0.15) is 18.3 Å². The van der Waals surface area contributed by atoms with Gasteiger partial charge < -0.3 is 5.73 Å². The SMILES string of the molecule is CC(N)c1nn(C)cc1-c1ccccc1C(F)(F)F. The Bertz CT molecular complexity index is 585. The van der Waals surface area contributed by atoms with Crippen molar-refractivity contribution in [2.24, 2.45) is 12.8 Å². The van der Waals surface area contributed by atoms with Crippen LogP contribution in [-0.4, -0.2) is 9.78 Å². The van der Waals surface area contributed by atoms with Crippen LogP contribution in [0.25, 0.3) is 11.1 Å². The van der Waals surface area contributed by atoms with Gasteiger partial charge >= 0.3 is 6.18 Å². The molecule has 0 fully saturated rings. The van der Waals surface area contributed by atoms with Crippen molar-refractivity contribution in [2.75, 3.05) is 0 Å². The van der Waals surface area contributed by atoms with E-state index in [-0.39, 0.29) is 5.56 Å². The summed E-state index contributed by atoms with van der Waals surface area (Å²) in [6.07, 6.45) is -2.84. The van der Waals surface area contributed by atoms with Crippen LogP contribution in [0.15, 0.2) is 30.5 Å². The minimum atomic E-state index is -4.40. The zero-order valence-corrected chi connectivity index (χ0v) is 10.6. The molecule has 1 aromatic carbocycles. The third-order valence-electron chi connectivity index (χ3n) is 2.81. The van der Waals surface area contributed by atoms with Gasteiger partial charge in [-0.1, -0.05) is 18.2 Å². The summed E-state index contributed by atoms with van der Waals surface area (Å²) in [4.78, 5) is 0. The molecule has 0 radical (unpaired) electrons. The summed E-state index contributed by atoms with van der Waals surface area (Å²) in [5, 5.41) is 4.13. The average molecular weight is 269 g/mol. The third kappa shape index (κ3) is 2.63. The Morgan fingerprint density at radius 3 is 2.42 bits per heavy atom. The molecule has 6 heteroatoms. The Balaban J connectivity index is 2.66. The van der Waals surface area contributed by atoms with Crippen LogP contribution in [0.4, 0.5) is 13.2 Å². The maximum absolute atomic E-state index is 13.0. The molecule has 0 aliphatic rings. The molecule has 2 rings (SSSR count). The highest BCUT2D eigenvalue weighted by molar-refractivity contribution is 5.70. The van der Waals surface area contributed by atoms with Gasteiger partial charge in [0.05, 0.1) is 11.3 Å². The lowest BCUT2D eigenvalue weighted by molar-refractivity contribution is -0.137. The van der Waals surface area contributed by atoms with Crippen LogP contribution in [0.2, 0.25) is 0 Å². The van der Waals surface area contributed by atoms with E-state index in [0.29, 0.717) is 11.3 Å². The first kappa shape index (κ1) is 13.6. The number of alkyl halides is 3. The number of nitrogens with zero attached hydrogens (tertiary/aromatic N) is 2. The van der Waals surface area contributed by atoms with Crippen molar-refractivity contribution < 1.29 is 13.2 Å². The monoisotopic (exact) mass is 269 g/mol. The predicted octanol–water partition coefficient (Wildman–Crippen LogP) is 3.13. The first-order valence-electron chi connectivity index (χ1n) is 5.76. The summed E-state index contributed by atoms with van der Waals surface area (Å²) < 4.78 is 40.5. The summed E-state index contributed by atoms with van der Waals surface area (Å²) in [5.74, 6) is 0. The molecule has 0 bridgehead atoms. The first-order valence-corrected chi connectivity index (χ1v) is 5.76. The summed E-state index contributed by atoms with van der Waals surface area (Å²) in [7, 11) is 1.66. The van der Waals surface area contributed by atoms with Crippen molar-refractivity contribution >= 4 is 0 Å². The topological polar surface area (TPSA) is 43.8 Å². The lowest BCUT2D eigenvalue weighted by Crippen LogP contribution is -2.10. The molecule has 1 atom stereocenters. The molecule has 102 valence electrons. The molecule has 2 N–H and O–H groups in total. The Hall–Kier alpha value is -1.82. The van der Waals surface area contributed by atoms with Crippen LogP contribution in [-0.2, 0) is 13.2 Å². The second-order valence-corrected chi connectivity index (χ2v) is 4.43. The number of benzene rings is 1. The highest BCUT2D eigenvalue weighted by Gasteiger charge is 2.34. The average Bonchev–Trinajstić information content (AvgIpc) is 2.70. The van der Waals surface area contributed by atoms with Crippen molar-refractivity contribution in [2.45, 2.75) is 19.1 Å². The number of rotatable bonds is 2. The van der Waals surface area contributed by atoms with E-state index >= 15 is 0 Å². The van der Waals surface area contributed by atoms with Crippen LogP contribution >= 0.6 is 0 Å². The minimum Gasteiger partial charge on any atom is -0.323 e. The number of hydrogen-bond acceptors (Lipinski definition) is 2. The van der Waals surface area contributed by atoms with E-state index in [1.165, 1.54) is 16.8 Å². The molecule has 19 heavy (non-hydrogen) atoms. The van der Waals surface area contributed by atoms with E-state index in [9.17, 15) is 13.2 Å². The van der Waals surface area contributed by atoms with Crippen LogP contribution in [0, 0.1) is 0 Å². The second kappa shape index (κ2) is 4.70. The zero-order valence-electron chi connectivity index (χ0n) is 10.6. The molecule has 0 saturated heterocycles. The summed E-state index contributed by atoms with van der Waals surface area (Å²) in [6.45, 7) is 1.70. The Labute approximate surface area is 108 Å². The van der Waals surface area contributed by atoms with Gasteiger partial charge in [0.25, 0.3) is 0 Å². The molecule has 0 spiro atoms. The second-order valence-electron chi connectivity index (χ2n) is 4.43. The molecule has 0 saturated carbocycles. The Morgan fingerprint density at radius 2 is 1.84 bits per heavy atom. The fourth-order valence-corrected chi connectivity index (χ4v) is 2.01. The highest BCUT2D eigenvalue weighted by atomic mass is 19.4. The van der Waals surface area contributed by atoms with Crippen LogP contribution in [0.1, 0.15) is 24.2 Å². The van der Waals surface area contributed by atoms with Gasteiger partial charge in [-0.3, -0.25) is 4.68 Å². The van der Waals surface area contributed by atoms with Crippen molar-refractivity contribution in [3.05, 3.63) is 41.7 Å². The van der Waals surface area contributed by atoms with E-state index in [1.54, 1.807) is 26.2 Å². The molecular weight excluding hydrogens is 255 g/mol. The molecule has 0 aliphatic heterocycles. The van der Waals surface area contributed by atoms with Crippen molar-refractivity contribution in [3.63, 3.8) is 0 Å². The van der Waals surface area contributed by atoms with Gasteiger partial charge in [0, 0.05) is 24.8 Å². The van der Waals surface area contributed by atoms with Gasteiger partial charge in [-0.15, -0.1) is 0 Å². The largest absolute Gasteiger partial charge is 0.417 e. The number of nitrogens with two attached hydrogens (primary N) is 1. The van der Waals surface area contributed by atoms with Gasteiger partial charge in [0.15, 0.2) is 0 Å². The molecule has 1 aromatic heterocycles. The van der Waals surface area contributed by atoms with Crippen molar-refractivity contribution in [1.82, 2.24) is 9.78 Å².